The number of hydrogen-bond acceptors (Lipinski definition) is 5. The zero-order chi connectivity index (χ0) is 21.0. The first-order valence-electron chi connectivity index (χ1n) is 9.13. The van der Waals surface area contributed by atoms with Gasteiger partial charge in [0.2, 0.25) is 5.91 Å². The third kappa shape index (κ3) is 5.63. The van der Waals surface area contributed by atoms with E-state index >= 15 is 0 Å². The molecule has 1 atom stereocenters. The van der Waals surface area contributed by atoms with E-state index in [1.54, 1.807) is 35.2 Å². The molecule has 1 N–H and O–H groups in total. The number of halogens is 2. The average molecular weight is 438 g/mol. The van der Waals surface area contributed by atoms with Gasteiger partial charge in [-0.3, -0.25) is 9.59 Å². The lowest BCUT2D eigenvalue weighted by Crippen LogP contribution is -2.48. The number of rotatable bonds is 6. The Morgan fingerprint density at radius 2 is 2.03 bits per heavy atom. The normalized spacial score (nSPS) is 16.5. The molecule has 0 radical (unpaired) electrons. The fourth-order valence-corrected chi connectivity index (χ4v) is 3.45. The van der Waals surface area contributed by atoms with Crippen molar-refractivity contribution in [2.24, 2.45) is 0 Å². The quantitative estimate of drug-likeness (QED) is 0.696. The minimum atomic E-state index is -0.313. The number of phenolic OH excluding ortho intramolecular Hbond substituents is 1. The Bertz CT molecular complexity index is 918. The summed E-state index contributed by atoms with van der Waals surface area (Å²) >= 11 is 11.9. The van der Waals surface area contributed by atoms with E-state index < -0.39 is 0 Å². The number of amides is 1. The molecule has 1 aliphatic rings. The van der Waals surface area contributed by atoms with Crippen LogP contribution >= 0.6 is 23.2 Å². The van der Waals surface area contributed by atoms with Crippen molar-refractivity contribution < 1.29 is 24.2 Å². The predicted octanol–water partition coefficient (Wildman–Crippen LogP) is 3.75. The van der Waals surface area contributed by atoms with Gasteiger partial charge in [0.25, 0.3) is 0 Å². The number of phenols is 1. The lowest BCUT2D eigenvalue weighted by Gasteiger charge is -2.33. The molecule has 6 nitrogen and oxygen atoms in total. The van der Waals surface area contributed by atoms with Gasteiger partial charge in [0.1, 0.15) is 24.2 Å². The Labute approximate surface area is 178 Å². The van der Waals surface area contributed by atoms with Gasteiger partial charge in [-0.15, -0.1) is 0 Å². The van der Waals surface area contributed by atoms with E-state index in [4.69, 9.17) is 32.7 Å². The second-order valence-corrected chi connectivity index (χ2v) is 7.65. The number of morpholine rings is 1. The van der Waals surface area contributed by atoms with E-state index in [2.05, 4.69) is 0 Å². The van der Waals surface area contributed by atoms with Crippen LogP contribution < -0.4 is 4.74 Å². The Balaban J connectivity index is 1.58. The number of carbonyl (C=O) groups excluding carboxylic acids is 2. The average Bonchev–Trinajstić information content (AvgIpc) is 2.70. The summed E-state index contributed by atoms with van der Waals surface area (Å²) in [6, 6.07) is 9.60. The van der Waals surface area contributed by atoms with Crippen molar-refractivity contribution in [3.63, 3.8) is 0 Å². The van der Waals surface area contributed by atoms with Crippen LogP contribution in [0.3, 0.4) is 0 Å². The number of aromatic hydroxyl groups is 1. The highest BCUT2D eigenvalue weighted by Gasteiger charge is 2.25. The fraction of sp³-hybridized carbons (Fsp3) is 0.333. The number of ether oxygens (including phenoxy) is 2. The number of benzene rings is 2. The number of hydrogen-bond donors (Lipinski definition) is 1. The third-order valence-electron chi connectivity index (χ3n) is 4.60. The second-order valence-electron chi connectivity index (χ2n) is 6.80. The molecule has 2 aromatic rings. The van der Waals surface area contributed by atoms with Crippen molar-refractivity contribution in [3.05, 3.63) is 57.6 Å². The maximum atomic E-state index is 12.6. The van der Waals surface area contributed by atoms with E-state index in [1.165, 1.54) is 13.0 Å². The van der Waals surface area contributed by atoms with E-state index in [0.717, 1.165) is 5.56 Å². The minimum absolute atomic E-state index is 0.0152. The standard InChI is InChI=1S/C21H21Cl2NO5/c1-13(25)17-10-15(22)3-5-20(17)29-12-16-11-24(6-7-28-16)21(27)9-14-2-4-19(26)18(23)8-14/h2-5,8,10,16,26H,6-7,9,11-12H2,1H3. The van der Waals surface area contributed by atoms with E-state index in [-0.39, 0.29) is 41.6 Å². The topological polar surface area (TPSA) is 76.1 Å². The fourth-order valence-electron chi connectivity index (χ4n) is 3.08. The van der Waals surface area contributed by atoms with Gasteiger partial charge in [0.05, 0.1) is 30.2 Å². The summed E-state index contributed by atoms with van der Waals surface area (Å²) in [5.74, 6) is 0.221. The lowest BCUT2D eigenvalue weighted by atomic mass is 10.1. The summed E-state index contributed by atoms with van der Waals surface area (Å²) < 4.78 is 11.5. The van der Waals surface area contributed by atoms with Gasteiger partial charge >= 0.3 is 0 Å². The zero-order valence-corrected chi connectivity index (χ0v) is 17.4. The Morgan fingerprint density at radius 3 is 2.76 bits per heavy atom. The predicted molar refractivity (Wildman–Crippen MR) is 110 cm³/mol. The SMILES string of the molecule is CC(=O)c1cc(Cl)ccc1OCC1CN(C(=O)Cc2ccc(O)c(Cl)c2)CCO1. The summed E-state index contributed by atoms with van der Waals surface area (Å²) in [5, 5.41) is 10.2. The molecule has 1 aliphatic heterocycles. The second kappa shape index (κ2) is 9.48. The molecule has 1 unspecified atom stereocenters. The zero-order valence-electron chi connectivity index (χ0n) is 15.9. The smallest absolute Gasteiger partial charge is 0.227 e. The number of ketones is 1. The first-order chi connectivity index (χ1) is 13.8. The number of nitrogens with zero attached hydrogens (tertiary/aromatic N) is 1. The van der Waals surface area contributed by atoms with Crippen LogP contribution in [0.15, 0.2) is 36.4 Å². The summed E-state index contributed by atoms with van der Waals surface area (Å²) in [6.45, 7) is 2.92. The summed E-state index contributed by atoms with van der Waals surface area (Å²) in [4.78, 5) is 26.1. The molecule has 1 heterocycles. The molecule has 0 saturated carbocycles. The highest BCUT2D eigenvalue weighted by Crippen LogP contribution is 2.25. The Morgan fingerprint density at radius 1 is 1.24 bits per heavy atom. The molecular weight excluding hydrogens is 417 g/mol. The van der Waals surface area contributed by atoms with E-state index in [1.807, 2.05) is 0 Å². The Kier molecular flexibility index (Phi) is 7.00. The first-order valence-corrected chi connectivity index (χ1v) is 9.89. The maximum Gasteiger partial charge on any atom is 0.227 e. The molecule has 1 amide bonds. The first kappa shape index (κ1) is 21.4. The molecule has 2 aromatic carbocycles. The molecule has 3 rings (SSSR count). The largest absolute Gasteiger partial charge is 0.506 e. The van der Waals surface area contributed by atoms with Gasteiger partial charge in [0, 0.05) is 11.6 Å². The summed E-state index contributed by atoms with van der Waals surface area (Å²) in [6.07, 6.45) is -0.134. The van der Waals surface area contributed by atoms with E-state index in [0.29, 0.717) is 36.0 Å². The van der Waals surface area contributed by atoms with Gasteiger partial charge in [0.15, 0.2) is 5.78 Å². The highest BCUT2D eigenvalue weighted by molar-refractivity contribution is 6.32. The molecule has 0 aliphatic carbocycles. The molecule has 0 aromatic heterocycles. The monoisotopic (exact) mass is 437 g/mol. The van der Waals surface area contributed by atoms with Crippen molar-refractivity contribution in [3.8, 4) is 11.5 Å². The van der Waals surface area contributed by atoms with Crippen LogP contribution in [0.2, 0.25) is 10.0 Å². The van der Waals surface area contributed by atoms with Crippen LogP contribution in [0.4, 0.5) is 0 Å². The molecule has 0 spiro atoms. The lowest BCUT2D eigenvalue weighted by molar-refractivity contribution is -0.139. The third-order valence-corrected chi connectivity index (χ3v) is 5.14. The maximum absolute atomic E-state index is 12.6. The van der Waals surface area contributed by atoms with Gasteiger partial charge in [-0.2, -0.15) is 0 Å². The van der Waals surface area contributed by atoms with Crippen LogP contribution in [-0.4, -0.2) is 54.1 Å². The molecule has 29 heavy (non-hydrogen) atoms. The number of carbonyl (C=O) groups is 2. The molecule has 154 valence electrons. The van der Waals surface area contributed by atoms with E-state index in [9.17, 15) is 14.7 Å². The van der Waals surface area contributed by atoms with Crippen LogP contribution in [0.5, 0.6) is 11.5 Å². The van der Waals surface area contributed by atoms with Gasteiger partial charge in [-0.25, -0.2) is 0 Å². The van der Waals surface area contributed by atoms with Crippen LogP contribution in [0.1, 0.15) is 22.8 Å². The summed E-state index contributed by atoms with van der Waals surface area (Å²) in [5.41, 5.74) is 1.13. The van der Waals surface area contributed by atoms with Crippen molar-refractivity contribution in [2.75, 3.05) is 26.3 Å². The Hall–Kier alpha value is -2.28. The van der Waals surface area contributed by atoms with Crippen molar-refractivity contribution in [2.45, 2.75) is 19.4 Å². The van der Waals surface area contributed by atoms with Crippen molar-refractivity contribution >= 4 is 34.9 Å². The van der Waals surface area contributed by atoms with Crippen molar-refractivity contribution in [1.29, 1.82) is 0 Å². The molecular formula is C21H21Cl2NO5. The van der Waals surface area contributed by atoms with Crippen LogP contribution in [0.25, 0.3) is 0 Å². The van der Waals surface area contributed by atoms with Gasteiger partial charge in [-0.05, 0) is 42.8 Å². The van der Waals surface area contributed by atoms with Gasteiger partial charge in [-0.1, -0.05) is 29.3 Å². The number of Topliss-reactive ketones (excluding diaryl/α,β-unsaturated/α-hetero) is 1. The minimum Gasteiger partial charge on any atom is -0.506 e. The molecule has 8 heteroatoms. The molecule has 1 saturated heterocycles. The van der Waals surface area contributed by atoms with Gasteiger partial charge < -0.3 is 19.5 Å². The highest BCUT2D eigenvalue weighted by atomic mass is 35.5. The van der Waals surface area contributed by atoms with Crippen molar-refractivity contribution in [1.82, 2.24) is 4.90 Å². The van der Waals surface area contributed by atoms with Crippen LogP contribution in [0, 0.1) is 0 Å². The molecule has 1 fully saturated rings. The van der Waals surface area contributed by atoms with Crippen LogP contribution in [-0.2, 0) is 16.0 Å². The molecule has 0 bridgehead atoms. The summed E-state index contributed by atoms with van der Waals surface area (Å²) in [7, 11) is 0.